The zero-order chi connectivity index (χ0) is 8.85. The van der Waals surface area contributed by atoms with Crippen LogP contribution in [0.25, 0.3) is 0 Å². The Kier molecular flexibility index (Phi) is 5.34. The van der Waals surface area contributed by atoms with Crippen molar-refractivity contribution in [3.05, 3.63) is 11.6 Å². The molecule has 1 atom stereocenters. The summed E-state index contributed by atoms with van der Waals surface area (Å²) in [6, 6.07) is 0. The van der Waals surface area contributed by atoms with Crippen molar-refractivity contribution in [3.63, 3.8) is 0 Å². The van der Waals surface area contributed by atoms with Crippen LogP contribution in [0.5, 0.6) is 0 Å². The number of carbonyl (C=O) groups is 1. The first-order valence-electron chi connectivity index (χ1n) is 3.25. The van der Waals surface area contributed by atoms with E-state index >= 15 is 0 Å². The number of alkyl halides is 1. The summed E-state index contributed by atoms with van der Waals surface area (Å²) >= 11 is 10.9. The Bertz CT molecular complexity index is 159. The average Bonchev–Trinajstić information content (AvgIpc) is 1.98. The van der Waals surface area contributed by atoms with Gasteiger partial charge in [0.05, 0.1) is 6.54 Å². The van der Waals surface area contributed by atoms with E-state index in [2.05, 4.69) is 11.9 Å². The molecule has 0 aliphatic rings. The van der Waals surface area contributed by atoms with Crippen LogP contribution >= 0.6 is 23.2 Å². The first-order valence-corrected chi connectivity index (χ1v) is 4.16. The molecular formula is C7H11Cl2NO. The lowest BCUT2D eigenvalue weighted by Crippen LogP contribution is -2.30. The summed E-state index contributed by atoms with van der Waals surface area (Å²) in [5.41, 5.74) is 0. The molecule has 0 aromatic heterocycles. The summed E-state index contributed by atoms with van der Waals surface area (Å²) in [6.07, 6.45) is 0. The SMILES string of the molecule is C=C(Cl)CNC(=O)C(C)CCl. The van der Waals surface area contributed by atoms with Gasteiger partial charge in [0.2, 0.25) is 5.91 Å². The molecule has 11 heavy (non-hydrogen) atoms. The van der Waals surface area contributed by atoms with Crippen LogP contribution < -0.4 is 5.32 Å². The highest BCUT2D eigenvalue weighted by Crippen LogP contribution is 1.99. The molecule has 0 aromatic carbocycles. The van der Waals surface area contributed by atoms with Gasteiger partial charge >= 0.3 is 0 Å². The molecule has 2 nitrogen and oxygen atoms in total. The highest BCUT2D eigenvalue weighted by Gasteiger charge is 2.09. The van der Waals surface area contributed by atoms with Gasteiger partial charge in [-0.05, 0) is 0 Å². The Hall–Kier alpha value is -0.210. The topological polar surface area (TPSA) is 29.1 Å². The predicted molar refractivity (Wildman–Crippen MR) is 47.9 cm³/mol. The lowest BCUT2D eigenvalue weighted by Gasteiger charge is -2.07. The van der Waals surface area contributed by atoms with E-state index in [0.29, 0.717) is 17.5 Å². The Morgan fingerprint density at radius 3 is 2.64 bits per heavy atom. The predicted octanol–water partition coefficient (Wildman–Crippen LogP) is 1.73. The number of nitrogens with one attached hydrogen (secondary N) is 1. The van der Waals surface area contributed by atoms with Crippen LogP contribution in [-0.4, -0.2) is 18.3 Å². The fraction of sp³-hybridized carbons (Fsp3) is 0.571. The molecule has 0 spiro atoms. The molecule has 1 amide bonds. The standard InChI is InChI=1S/C7H11Cl2NO/c1-5(3-8)7(11)10-4-6(2)9/h5H,2-4H2,1H3,(H,10,11). The van der Waals surface area contributed by atoms with E-state index in [0.717, 1.165) is 0 Å². The monoisotopic (exact) mass is 195 g/mol. The van der Waals surface area contributed by atoms with Crippen LogP contribution in [0.2, 0.25) is 0 Å². The van der Waals surface area contributed by atoms with Crippen LogP contribution in [0.1, 0.15) is 6.92 Å². The third kappa shape index (κ3) is 5.10. The number of amides is 1. The number of hydrogen-bond donors (Lipinski definition) is 1. The maximum absolute atomic E-state index is 11.0. The van der Waals surface area contributed by atoms with E-state index in [-0.39, 0.29) is 11.8 Å². The van der Waals surface area contributed by atoms with E-state index in [1.165, 1.54) is 0 Å². The second-order valence-electron chi connectivity index (χ2n) is 2.29. The highest BCUT2D eigenvalue weighted by atomic mass is 35.5. The van der Waals surface area contributed by atoms with Gasteiger partial charge in [-0.2, -0.15) is 0 Å². The molecular weight excluding hydrogens is 185 g/mol. The summed E-state index contributed by atoms with van der Waals surface area (Å²) in [5.74, 6) is 0.0510. The van der Waals surface area contributed by atoms with Gasteiger partial charge in [0, 0.05) is 16.8 Å². The van der Waals surface area contributed by atoms with Crippen molar-refractivity contribution in [1.82, 2.24) is 5.32 Å². The summed E-state index contributed by atoms with van der Waals surface area (Å²) in [6.45, 7) is 5.49. The molecule has 0 bridgehead atoms. The minimum atomic E-state index is -0.173. The van der Waals surface area contributed by atoms with Crippen molar-refractivity contribution >= 4 is 29.1 Å². The smallest absolute Gasteiger partial charge is 0.224 e. The molecule has 0 aromatic rings. The molecule has 0 aliphatic heterocycles. The van der Waals surface area contributed by atoms with Crippen LogP contribution in [0, 0.1) is 5.92 Å². The Morgan fingerprint density at radius 1 is 1.73 bits per heavy atom. The fourth-order valence-electron chi connectivity index (χ4n) is 0.427. The summed E-state index contributed by atoms with van der Waals surface area (Å²) in [5, 5.41) is 2.99. The van der Waals surface area contributed by atoms with Gasteiger partial charge in [-0.1, -0.05) is 25.1 Å². The first kappa shape index (κ1) is 10.8. The molecule has 0 rings (SSSR count). The second-order valence-corrected chi connectivity index (χ2v) is 3.13. The van der Waals surface area contributed by atoms with Crippen molar-refractivity contribution in [3.8, 4) is 0 Å². The fourth-order valence-corrected chi connectivity index (χ4v) is 0.634. The van der Waals surface area contributed by atoms with Crippen LogP contribution in [-0.2, 0) is 4.79 Å². The van der Waals surface area contributed by atoms with Crippen molar-refractivity contribution in [2.45, 2.75) is 6.92 Å². The first-order chi connectivity index (χ1) is 5.07. The number of carbonyl (C=O) groups excluding carboxylic acids is 1. The third-order valence-corrected chi connectivity index (χ3v) is 1.73. The molecule has 64 valence electrons. The Labute approximate surface area is 76.6 Å². The van der Waals surface area contributed by atoms with E-state index in [1.54, 1.807) is 6.92 Å². The van der Waals surface area contributed by atoms with Crippen molar-refractivity contribution in [2.75, 3.05) is 12.4 Å². The molecule has 4 heteroatoms. The average molecular weight is 196 g/mol. The summed E-state index contributed by atoms with van der Waals surface area (Å²) in [4.78, 5) is 11.0. The Balaban J connectivity index is 3.60. The molecule has 0 heterocycles. The largest absolute Gasteiger partial charge is 0.351 e. The van der Waals surface area contributed by atoms with E-state index < -0.39 is 0 Å². The Morgan fingerprint density at radius 2 is 2.27 bits per heavy atom. The zero-order valence-corrected chi connectivity index (χ0v) is 7.87. The van der Waals surface area contributed by atoms with Gasteiger partial charge in [0.1, 0.15) is 0 Å². The van der Waals surface area contributed by atoms with Gasteiger partial charge in [-0.15, -0.1) is 11.6 Å². The maximum Gasteiger partial charge on any atom is 0.224 e. The minimum absolute atomic E-state index is 0.0956. The quantitative estimate of drug-likeness (QED) is 0.681. The number of halogens is 2. The van der Waals surface area contributed by atoms with Gasteiger partial charge < -0.3 is 5.32 Å². The van der Waals surface area contributed by atoms with Gasteiger partial charge in [-0.3, -0.25) is 4.79 Å². The highest BCUT2D eigenvalue weighted by molar-refractivity contribution is 6.29. The molecule has 0 saturated carbocycles. The van der Waals surface area contributed by atoms with Crippen LogP contribution in [0.3, 0.4) is 0 Å². The third-order valence-electron chi connectivity index (χ3n) is 1.13. The lowest BCUT2D eigenvalue weighted by atomic mass is 10.2. The molecule has 0 aliphatic carbocycles. The normalized spacial score (nSPS) is 12.3. The van der Waals surface area contributed by atoms with Gasteiger partial charge in [0.15, 0.2) is 0 Å². The van der Waals surface area contributed by atoms with E-state index in [1.807, 2.05) is 0 Å². The van der Waals surface area contributed by atoms with Crippen molar-refractivity contribution in [2.24, 2.45) is 5.92 Å². The number of rotatable bonds is 4. The summed E-state index contributed by atoms with van der Waals surface area (Å²) in [7, 11) is 0. The van der Waals surface area contributed by atoms with E-state index in [9.17, 15) is 4.79 Å². The lowest BCUT2D eigenvalue weighted by molar-refractivity contribution is -0.123. The van der Waals surface area contributed by atoms with E-state index in [4.69, 9.17) is 23.2 Å². The van der Waals surface area contributed by atoms with Gasteiger partial charge in [0.25, 0.3) is 0 Å². The number of hydrogen-bond acceptors (Lipinski definition) is 1. The van der Waals surface area contributed by atoms with Crippen LogP contribution in [0.4, 0.5) is 0 Å². The van der Waals surface area contributed by atoms with Crippen molar-refractivity contribution in [1.29, 1.82) is 0 Å². The molecule has 0 radical (unpaired) electrons. The second kappa shape index (κ2) is 5.44. The molecule has 1 unspecified atom stereocenters. The molecule has 1 N–H and O–H groups in total. The maximum atomic E-state index is 11.0. The van der Waals surface area contributed by atoms with Crippen LogP contribution in [0.15, 0.2) is 11.6 Å². The van der Waals surface area contributed by atoms with Crippen molar-refractivity contribution < 1.29 is 4.79 Å². The van der Waals surface area contributed by atoms with Gasteiger partial charge in [-0.25, -0.2) is 0 Å². The minimum Gasteiger partial charge on any atom is -0.351 e. The molecule has 0 saturated heterocycles. The molecule has 0 fully saturated rings. The summed E-state index contributed by atoms with van der Waals surface area (Å²) < 4.78 is 0. The zero-order valence-electron chi connectivity index (χ0n) is 6.36.